The molecule has 0 saturated carbocycles. The van der Waals surface area contributed by atoms with E-state index in [1.165, 1.54) is 5.39 Å². The summed E-state index contributed by atoms with van der Waals surface area (Å²) in [5, 5.41) is 2.31. The van der Waals surface area contributed by atoms with Crippen LogP contribution in [-0.2, 0) is 14.1 Å². The molecule has 0 N–H and O–H groups in total. The molecule has 0 saturated heterocycles. The van der Waals surface area contributed by atoms with Gasteiger partial charge in [-0.3, -0.25) is 9.13 Å². The Bertz CT molecular complexity index is 2110. The number of hydrogen-bond donors (Lipinski definition) is 0. The summed E-state index contributed by atoms with van der Waals surface area (Å²) in [7, 11) is 3.60. The van der Waals surface area contributed by atoms with Gasteiger partial charge in [0.05, 0.1) is 11.0 Å². The average molecular weight is 520 g/mol. The predicted molar refractivity (Wildman–Crippen MR) is 161 cm³/mol. The Morgan fingerprint density at radius 1 is 0.450 bits per heavy atom. The molecule has 0 radical (unpaired) electrons. The fourth-order valence-electron chi connectivity index (χ4n) is 5.20. The highest BCUT2D eigenvalue weighted by Gasteiger charge is 2.14. The number of imidazole rings is 1. The van der Waals surface area contributed by atoms with Crippen molar-refractivity contribution in [2.75, 3.05) is 0 Å². The molecule has 2 heterocycles. The summed E-state index contributed by atoms with van der Waals surface area (Å²) >= 11 is 0. The Morgan fingerprint density at radius 2 is 1.00 bits per heavy atom. The highest BCUT2D eigenvalue weighted by molar-refractivity contribution is 5.87. The van der Waals surface area contributed by atoms with Crippen molar-refractivity contribution >= 4 is 21.8 Å². The van der Waals surface area contributed by atoms with E-state index in [1.807, 2.05) is 66.7 Å². The molecule has 0 amide bonds. The molecule has 40 heavy (non-hydrogen) atoms. The lowest BCUT2D eigenvalue weighted by Crippen LogP contribution is -2.19. The SMILES string of the molecule is Cn1c(=O)n(C)c2cc(-c3cccc(-c4nc(-c5ccccc5)nc(-c5ccc6ccccc6c5)n4)c3)ccc21. The minimum Gasteiger partial charge on any atom is -0.295 e. The lowest BCUT2D eigenvalue weighted by Gasteiger charge is -2.10. The number of nitrogens with zero attached hydrogens (tertiary/aromatic N) is 5. The van der Waals surface area contributed by atoms with Gasteiger partial charge < -0.3 is 0 Å². The molecule has 0 bridgehead atoms. The number of aromatic nitrogens is 5. The highest BCUT2D eigenvalue weighted by atomic mass is 16.1. The molecule has 0 unspecified atom stereocenters. The van der Waals surface area contributed by atoms with Crippen molar-refractivity contribution in [2.24, 2.45) is 14.1 Å². The molecule has 7 rings (SSSR count). The maximum absolute atomic E-state index is 12.4. The van der Waals surface area contributed by atoms with Gasteiger partial charge in [0.25, 0.3) is 0 Å². The molecule has 5 aromatic carbocycles. The van der Waals surface area contributed by atoms with Crippen LogP contribution in [0.15, 0.2) is 120 Å². The Balaban J connectivity index is 1.38. The van der Waals surface area contributed by atoms with Crippen LogP contribution in [0.25, 0.3) is 67.1 Å². The minimum absolute atomic E-state index is 0.0410. The van der Waals surface area contributed by atoms with E-state index in [9.17, 15) is 4.79 Å². The van der Waals surface area contributed by atoms with Crippen LogP contribution in [-0.4, -0.2) is 24.1 Å². The fourth-order valence-corrected chi connectivity index (χ4v) is 5.20. The highest BCUT2D eigenvalue weighted by Crippen LogP contribution is 2.30. The number of hydrogen-bond acceptors (Lipinski definition) is 4. The summed E-state index contributed by atoms with van der Waals surface area (Å²) in [5.74, 6) is 1.85. The molecule has 7 aromatic rings. The molecular formula is C34H25N5O. The van der Waals surface area contributed by atoms with E-state index in [-0.39, 0.29) is 5.69 Å². The first-order valence-corrected chi connectivity index (χ1v) is 13.1. The number of fused-ring (bicyclic) bond motifs is 2. The van der Waals surface area contributed by atoms with Crippen molar-refractivity contribution in [1.82, 2.24) is 24.1 Å². The smallest absolute Gasteiger partial charge is 0.295 e. The standard InChI is InChI=1S/C34H25N5O/c1-38-29-18-17-26(21-30(29)39(2)34(38)40)25-13-8-14-27(20-25)32-35-31(23-10-4-3-5-11-23)36-33(37-32)28-16-15-22-9-6-7-12-24(22)19-28/h3-21H,1-2H3. The van der Waals surface area contributed by atoms with Gasteiger partial charge in [-0.05, 0) is 46.2 Å². The molecule has 0 spiro atoms. The zero-order valence-corrected chi connectivity index (χ0v) is 22.1. The average Bonchev–Trinajstić information content (AvgIpc) is 3.24. The summed E-state index contributed by atoms with van der Waals surface area (Å²) in [5.41, 5.74) is 6.54. The van der Waals surface area contributed by atoms with E-state index < -0.39 is 0 Å². The maximum Gasteiger partial charge on any atom is 0.328 e. The van der Waals surface area contributed by atoms with Crippen LogP contribution in [0.1, 0.15) is 0 Å². The third-order valence-electron chi connectivity index (χ3n) is 7.40. The van der Waals surface area contributed by atoms with E-state index in [1.54, 1.807) is 23.2 Å². The Hall–Kier alpha value is -5.36. The van der Waals surface area contributed by atoms with Gasteiger partial charge >= 0.3 is 5.69 Å². The second kappa shape index (κ2) is 9.43. The van der Waals surface area contributed by atoms with Gasteiger partial charge in [0.2, 0.25) is 0 Å². The first-order chi connectivity index (χ1) is 19.5. The van der Waals surface area contributed by atoms with Crippen molar-refractivity contribution in [3.8, 4) is 45.3 Å². The quantitative estimate of drug-likeness (QED) is 0.254. The Labute approximate surface area is 230 Å². The molecule has 6 nitrogen and oxygen atoms in total. The molecule has 192 valence electrons. The third kappa shape index (κ3) is 4.07. The maximum atomic E-state index is 12.4. The largest absolute Gasteiger partial charge is 0.328 e. The lowest BCUT2D eigenvalue weighted by molar-refractivity contribution is 0.795. The summed E-state index contributed by atoms with van der Waals surface area (Å²) < 4.78 is 3.34. The van der Waals surface area contributed by atoms with Crippen molar-refractivity contribution < 1.29 is 0 Å². The van der Waals surface area contributed by atoms with E-state index in [0.717, 1.165) is 44.2 Å². The first kappa shape index (κ1) is 23.7. The van der Waals surface area contributed by atoms with Crippen LogP contribution < -0.4 is 5.69 Å². The van der Waals surface area contributed by atoms with Crippen molar-refractivity contribution in [2.45, 2.75) is 0 Å². The zero-order chi connectivity index (χ0) is 27.2. The molecule has 6 heteroatoms. The van der Waals surface area contributed by atoms with Crippen LogP contribution in [0, 0.1) is 0 Å². The Morgan fingerprint density at radius 3 is 1.77 bits per heavy atom. The van der Waals surface area contributed by atoms with E-state index in [0.29, 0.717) is 17.5 Å². The van der Waals surface area contributed by atoms with Crippen molar-refractivity contribution in [3.05, 3.63) is 126 Å². The number of rotatable bonds is 4. The zero-order valence-electron chi connectivity index (χ0n) is 22.1. The van der Waals surface area contributed by atoms with Gasteiger partial charge in [0.1, 0.15) is 0 Å². The summed E-state index contributed by atoms with van der Waals surface area (Å²) in [6.45, 7) is 0. The van der Waals surface area contributed by atoms with Gasteiger partial charge in [-0.25, -0.2) is 19.7 Å². The van der Waals surface area contributed by atoms with Gasteiger partial charge in [0, 0.05) is 30.8 Å². The molecule has 0 aliphatic heterocycles. The van der Waals surface area contributed by atoms with Crippen LogP contribution in [0.2, 0.25) is 0 Å². The minimum atomic E-state index is -0.0410. The monoisotopic (exact) mass is 519 g/mol. The van der Waals surface area contributed by atoms with Gasteiger partial charge in [-0.2, -0.15) is 0 Å². The number of benzene rings is 5. The van der Waals surface area contributed by atoms with Crippen molar-refractivity contribution in [3.63, 3.8) is 0 Å². The molecule has 0 aliphatic carbocycles. The van der Waals surface area contributed by atoms with Crippen LogP contribution in [0.5, 0.6) is 0 Å². The summed E-state index contributed by atoms with van der Waals surface area (Å²) in [4.78, 5) is 27.2. The van der Waals surface area contributed by atoms with E-state index in [2.05, 4.69) is 48.5 Å². The molecular weight excluding hydrogens is 494 g/mol. The van der Waals surface area contributed by atoms with Crippen LogP contribution >= 0.6 is 0 Å². The van der Waals surface area contributed by atoms with Gasteiger partial charge in [0.15, 0.2) is 17.5 Å². The molecule has 0 fully saturated rings. The molecule has 0 aliphatic rings. The normalized spacial score (nSPS) is 11.3. The second-order valence-electron chi connectivity index (χ2n) is 9.92. The molecule has 2 aromatic heterocycles. The second-order valence-corrected chi connectivity index (χ2v) is 9.92. The van der Waals surface area contributed by atoms with Crippen LogP contribution in [0.3, 0.4) is 0 Å². The lowest BCUT2D eigenvalue weighted by atomic mass is 10.0. The van der Waals surface area contributed by atoms with Crippen LogP contribution in [0.4, 0.5) is 0 Å². The van der Waals surface area contributed by atoms with E-state index >= 15 is 0 Å². The van der Waals surface area contributed by atoms with Crippen molar-refractivity contribution in [1.29, 1.82) is 0 Å². The summed E-state index contributed by atoms with van der Waals surface area (Å²) in [6, 6.07) is 38.8. The van der Waals surface area contributed by atoms with Gasteiger partial charge in [-0.15, -0.1) is 0 Å². The van der Waals surface area contributed by atoms with E-state index in [4.69, 9.17) is 15.0 Å². The first-order valence-electron chi connectivity index (χ1n) is 13.1. The third-order valence-corrected chi connectivity index (χ3v) is 7.40. The number of aryl methyl sites for hydroxylation is 2. The Kier molecular flexibility index (Phi) is 5.60. The topological polar surface area (TPSA) is 65.6 Å². The van der Waals surface area contributed by atoms with Gasteiger partial charge in [-0.1, -0.05) is 91.0 Å². The summed E-state index contributed by atoms with van der Waals surface area (Å²) in [6.07, 6.45) is 0. The molecule has 0 atom stereocenters. The predicted octanol–water partition coefficient (Wildman–Crippen LogP) is 6.88. The fraction of sp³-hybridized carbons (Fsp3) is 0.0588.